The number of nitrogens with one attached hydrogen (secondary N) is 1. The molecule has 5 heteroatoms. The van der Waals surface area contributed by atoms with Crippen molar-refractivity contribution in [3.63, 3.8) is 0 Å². The Bertz CT molecular complexity index is 798. The number of ether oxygens (including phenoxy) is 1. The molecule has 4 nitrogen and oxygen atoms in total. The number of fused-ring (bicyclic) bond motifs is 1. The second-order valence-corrected chi connectivity index (χ2v) is 6.16. The maximum Gasteiger partial charge on any atom is 0.258 e. The van der Waals surface area contributed by atoms with Gasteiger partial charge in [0, 0.05) is 0 Å². The molecule has 24 heavy (non-hydrogen) atoms. The van der Waals surface area contributed by atoms with Gasteiger partial charge < -0.3 is 10.1 Å². The minimum absolute atomic E-state index is 0.0301. The molecule has 1 aliphatic carbocycles. The topological polar surface area (TPSA) is 62.1 Å². The summed E-state index contributed by atoms with van der Waals surface area (Å²) >= 11 is 6.04. The summed E-state index contributed by atoms with van der Waals surface area (Å²) in [4.78, 5) is 12.2. The maximum atomic E-state index is 12.2. The first-order valence-corrected chi connectivity index (χ1v) is 8.25. The molecule has 0 heterocycles. The predicted molar refractivity (Wildman–Crippen MR) is 91.9 cm³/mol. The molecule has 0 aromatic heterocycles. The van der Waals surface area contributed by atoms with E-state index in [4.69, 9.17) is 21.6 Å². The van der Waals surface area contributed by atoms with Crippen LogP contribution in [0.3, 0.4) is 0 Å². The number of aryl methyl sites for hydroxylation is 1. The largest absolute Gasteiger partial charge is 0.482 e. The van der Waals surface area contributed by atoms with Crippen molar-refractivity contribution in [2.24, 2.45) is 0 Å². The minimum Gasteiger partial charge on any atom is -0.482 e. The quantitative estimate of drug-likeness (QED) is 0.921. The van der Waals surface area contributed by atoms with Gasteiger partial charge in [0.1, 0.15) is 5.75 Å². The Morgan fingerprint density at radius 1 is 1.33 bits per heavy atom. The third-order valence-electron chi connectivity index (χ3n) is 4.12. The van der Waals surface area contributed by atoms with Crippen molar-refractivity contribution in [2.75, 3.05) is 6.61 Å². The molecule has 0 fully saturated rings. The van der Waals surface area contributed by atoms with Crippen molar-refractivity contribution in [3.05, 3.63) is 64.2 Å². The maximum absolute atomic E-state index is 12.2. The second kappa shape index (κ2) is 7.37. The number of carbonyl (C=O) groups excluding carboxylic acids is 1. The molecule has 122 valence electrons. The van der Waals surface area contributed by atoms with E-state index in [1.165, 1.54) is 17.2 Å². The van der Waals surface area contributed by atoms with Crippen LogP contribution in [0.25, 0.3) is 0 Å². The Hall–Kier alpha value is -2.51. The van der Waals surface area contributed by atoms with Crippen LogP contribution < -0.4 is 10.1 Å². The molecule has 2 aromatic rings. The summed E-state index contributed by atoms with van der Waals surface area (Å²) in [6, 6.07) is 15.0. The summed E-state index contributed by atoms with van der Waals surface area (Å²) in [5, 5.41) is 12.2. The normalized spacial score (nSPS) is 15.9. The highest BCUT2D eigenvalue weighted by atomic mass is 35.5. The molecule has 1 aliphatic rings. The highest BCUT2D eigenvalue weighted by Crippen LogP contribution is 2.29. The molecule has 0 spiro atoms. The molecule has 0 aliphatic heterocycles. The molecule has 2 aromatic carbocycles. The van der Waals surface area contributed by atoms with Gasteiger partial charge in [-0.2, -0.15) is 5.26 Å². The van der Waals surface area contributed by atoms with Crippen LogP contribution in [0.5, 0.6) is 5.75 Å². The predicted octanol–water partition coefficient (Wildman–Crippen LogP) is 3.78. The minimum atomic E-state index is -0.183. The van der Waals surface area contributed by atoms with E-state index in [0.717, 1.165) is 19.3 Å². The van der Waals surface area contributed by atoms with Crippen molar-refractivity contribution in [1.82, 2.24) is 5.32 Å². The highest BCUT2D eigenvalue weighted by molar-refractivity contribution is 6.32. The van der Waals surface area contributed by atoms with Crippen LogP contribution in [0.15, 0.2) is 42.5 Å². The third-order valence-corrected chi connectivity index (χ3v) is 4.42. The van der Waals surface area contributed by atoms with E-state index in [0.29, 0.717) is 16.3 Å². The van der Waals surface area contributed by atoms with E-state index < -0.39 is 0 Å². The van der Waals surface area contributed by atoms with Crippen LogP contribution in [-0.2, 0) is 11.2 Å². The molecule has 0 saturated heterocycles. The zero-order chi connectivity index (χ0) is 16.9. The Kier molecular flexibility index (Phi) is 5.02. The average Bonchev–Trinajstić information content (AvgIpc) is 2.61. The SMILES string of the molecule is N#Cc1ccc(OCC(=O)N[C@@H]2CCCc3ccccc32)c(Cl)c1. The summed E-state index contributed by atoms with van der Waals surface area (Å²) in [5.74, 6) is 0.215. The molecular formula is C19H17ClN2O2. The first-order chi connectivity index (χ1) is 11.7. The number of benzene rings is 2. The zero-order valence-electron chi connectivity index (χ0n) is 13.1. The monoisotopic (exact) mass is 340 g/mol. The first-order valence-electron chi connectivity index (χ1n) is 7.87. The van der Waals surface area contributed by atoms with Gasteiger partial charge in [-0.3, -0.25) is 4.79 Å². The lowest BCUT2D eigenvalue weighted by molar-refractivity contribution is -0.123. The van der Waals surface area contributed by atoms with Crippen molar-refractivity contribution >= 4 is 17.5 Å². The lowest BCUT2D eigenvalue weighted by atomic mass is 9.88. The average molecular weight is 341 g/mol. The van der Waals surface area contributed by atoms with Crippen LogP contribution >= 0.6 is 11.6 Å². The molecule has 0 radical (unpaired) electrons. The van der Waals surface area contributed by atoms with Crippen molar-refractivity contribution in [1.29, 1.82) is 5.26 Å². The molecule has 1 N–H and O–H groups in total. The number of nitrogens with zero attached hydrogens (tertiary/aromatic N) is 1. The summed E-state index contributed by atoms with van der Waals surface area (Å²) < 4.78 is 5.47. The number of carbonyl (C=O) groups is 1. The van der Waals surface area contributed by atoms with E-state index in [1.54, 1.807) is 12.1 Å². The van der Waals surface area contributed by atoms with E-state index in [1.807, 2.05) is 18.2 Å². The van der Waals surface area contributed by atoms with Gasteiger partial charge in [-0.1, -0.05) is 35.9 Å². The van der Waals surface area contributed by atoms with Crippen LogP contribution in [0, 0.1) is 11.3 Å². The number of amides is 1. The van der Waals surface area contributed by atoms with E-state index in [9.17, 15) is 4.79 Å². The lowest BCUT2D eigenvalue weighted by Crippen LogP contribution is -2.34. The zero-order valence-corrected chi connectivity index (χ0v) is 13.8. The standard InChI is InChI=1S/C19H17ClN2O2/c20-16-10-13(11-21)8-9-18(16)24-12-19(23)22-17-7-3-5-14-4-1-2-6-15(14)17/h1-2,4,6,8-10,17H,3,5,7,12H2,(H,22,23)/t17-/m1/s1. The van der Waals surface area contributed by atoms with Gasteiger partial charge in [0.25, 0.3) is 5.91 Å². The van der Waals surface area contributed by atoms with Gasteiger partial charge in [-0.15, -0.1) is 0 Å². The lowest BCUT2D eigenvalue weighted by Gasteiger charge is -2.26. The molecule has 1 amide bonds. The van der Waals surface area contributed by atoms with Crippen LogP contribution in [-0.4, -0.2) is 12.5 Å². The van der Waals surface area contributed by atoms with Crippen LogP contribution in [0.4, 0.5) is 0 Å². The number of nitriles is 1. The molecule has 3 rings (SSSR count). The fourth-order valence-electron chi connectivity index (χ4n) is 2.97. The van der Waals surface area contributed by atoms with Crippen molar-refractivity contribution < 1.29 is 9.53 Å². The van der Waals surface area contributed by atoms with Gasteiger partial charge in [-0.05, 0) is 48.6 Å². The number of hydrogen-bond donors (Lipinski definition) is 1. The van der Waals surface area contributed by atoms with Gasteiger partial charge in [-0.25, -0.2) is 0 Å². The Morgan fingerprint density at radius 2 is 2.17 bits per heavy atom. The molecule has 0 unspecified atom stereocenters. The Balaban J connectivity index is 1.60. The number of hydrogen-bond acceptors (Lipinski definition) is 3. The fraction of sp³-hybridized carbons (Fsp3) is 0.263. The van der Waals surface area contributed by atoms with Crippen LogP contribution in [0.1, 0.15) is 35.6 Å². The summed E-state index contributed by atoms with van der Waals surface area (Å²) in [7, 11) is 0. The van der Waals surface area contributed by atoms with Crippen LogP contribution in [0.2, 0.25) is 5.02 Å². The number of rotatable bonds is 4. The molecular weight excluding hydrogens is 324 g/mol. The first kappa shape index (κ1) is 16.4. The summed E-state index contributed by atoms with van der Waals surface area (Å²) in [6.45, 7) is -0.107. The smallest absolute Gasteiger partial charge is 0.258 e. The molecule has 0 bridgehead atoms. The van der Waals surface area contributed by atoms with E-state index in [2.05, 4.69) is 17.4 Å². The van der Waals surface area contributed by atoms with Gasteiger partial charge in [0.15, 0.2) is 6.61 Å². The van der Waals surface area contributed by atoms with Crippen molar-refractivity contribution in [3.8, 4) is 11.8 Å². The molecule has 1 atom stereocenters. The third kappa shape index (κ3) is 3.69. The van der Waals surface area contributed by atoms with E-state index in [-0.39, 0.29) is 18.6 Å². The fourth-order valence-corrected chi connectivity index (χ4v) is 3.21. The number of halogens is 1. The second-order valence-electron chi connectivity index (χ2n) is 5.76. The van der Waals surface area contributed by atoms with Gasteiger partial charge in [0.05, 0.1) is 22.7 Å². The van der Waals surface area contributed by atoms with Gasteiger partial charge in [0.2, 0.25) is 0 Å². The van der Waals surface area contributed by atoms with E-state index >= 15 is 0 Å². The summed E-state index contributed by atoms with van der Waals surface area (Å²) in [5.41, 5.74) is 2.94. The van der Waals surface area contributed by atoms with Crippen molar-refractivity contribution in [2.45, 2.75) is 25.3 Å². The van der Waals surface area contributed by atoms with Gasteiger partial charge >= 0.3 is 0 Å². The highest BCUT2D eigenvalue weighted by Gasteiger charge is 2.21. The Morgan fingerprint density at radius 3 is 2.96 bits per heavy atom. The molecule has 0 saturated carbocycles. The Labute approximate surface area is 146 Å². The summed E-state index contributed by atoms with van der Waals surface area (Å²) in [6.07, 6.45) is 3.05.